The van der Waals surface area contributed by atoms with Crippen molar-refractivity contribution in [1.82, 2.24) is 0 Å². The summed E-state index contributed by atoms with van der Waals surface area (Å²) in [7, 11) is 1.37. The summed E-state index contributed by atoms with van der Waals surface area (Å²) in [4.78, 5) is 11.3. The SMILES string of the molecule is COC(=O)c1ccc(OCCC(C)(C)OCCC(C)C)cc1. The number of rotatable bonds is 9. The first kappa shape index (κ1) is 18.5. The number of hydrogen-bond acceptors (Lipinski definition) is 4. The molecule has 0 radical (unpaired) electrons. The first-order chi connectivity index (χ1) is 10.3. The Kier molecular flexibility index (Phi) is 7.39. The summed E-state index contributed by atoms with van der Waals surface area (Å²) in [5.74, 6) is 1.05. The maximum atomic E-state index is 11.3. The topological polar surface area (TPSA) is 44.8 Å². The predicted molar refractivity (Wildman–Crippen MR) is 87.4 cm³/mol. The molecule has 0 N–H and O–H groups in total. The van der Waals surface area contributed by atoms with E-state index in [2.05, 4.69) is 32.4 Å². The maximum Gasteiger partial charge on any atom is 0.337 e. The number of carbonyl (C=O) groups excluding carboxylic acids is 1. The summed E-state index contributed by atoms with van der Waals surface area (Å²) in [5.41, 5.74) is 0.327. The van der Waals surface area contributed by atoms with E-state index in [-0.39, 0.29) is 11.6 Å². The summed E-state index contributed by atoms with van der Waals surface area (Å²) in [6, 6.07) is 6.95. The lowest BCUT2D eigenvalue weighted by Gasteiger charge is -2.25. The van der Waals surface area contributed by atoms with Gasteiger partial charge in [0, 0.05) is 13.0 Å². The third-order valence-electron chi connectivity index (χ3n) is 3.44. The van der Waals surface area contributed by atoms with Crippen molar-refractivity contribution in [3.05, 3.63) is 29.8 Å². The molecule has 1 aromatic carbocycles. The molecule has 1 rings (SSSR count). The van der Waals surface area contributed by atoms with Crippen LogP contribution in [-0.2, 0) is 9.47 Å². The molecule has 0 unspecified atom stereocenters. The Morgan fingerprint density at radius 1 is 1.14 bits per heavy atom. The van der Waals surface area contributed by atoms with E-state index in [0.717, 1.165) is 25.2 Å². The van der Waals surface area contributed by atoms with Gasteiger partial charge >= 0.3 is 5.97 Å². The fraction of sp³-hybridized carbons (Fsp3) is 0.611. The van der Waals surface area contributed by atoms with Crippen molar-refractivity contribution in [2.24, 2.45) is 5.92 Å². The molecule has 0 aliphatic heterocycles. The van der Waals surface area contributed by atoms with Crippen molar-refractivity contribution < 1.29 is 19.0 Å². The van der Waals surface area contributed by atoms with E-state index in [4.69, 9.17) is 9.47 Å². The predicted octanol–water partition coefficient (Wildman–Crippen LogP) is 4.08. The van der Waals surface area contributed by atoms with Gasteiger partial charge in [0.25, 0.3) is 0 Å². The molecule has 0 aliphatic rings. The summed E-state index contributed by atoms with van der Waals surface area (Å²) in [6.45, 7) is 9.90. The van der Waals surface area contributed by atoms with Crippen molar-refractivity contribution in [1.29, 1.82) is 0 Å². The van der Waals surface area contributed by atoms with E-state index in [0.29, 0.717) is 18.1 Å². The van der Waals surface area contributed by atoms with Crippen molar-refractivity contribution >= 4 is 5.97 Å². The first-order valence-corrected chi connectivity index (χ1v) is 7.79. The summed E-state index contributed by atoms with van der Waals surface area (Å²) in [5, 5.41) is 0. The van der Waals surface area contributed by atoms with Gasteiger partial charge in [-0.1, -0.05) is 13.8 Å². The lowest BCUT2D eigenvalue weighted by molar-refractivity contribution is -0.0346. The molecule has 0 aromatic heterocycles. The molecular formula is C18H28O4. The van der Waals surface area contributed by atoms with Crippen LogP contribution < -0.4 is 4.74 Å². The number of benzene rings is 1. The molecule has 0 amide bonds. The van der Waals surface area contributed by atoms with Crippen molar-refractivity contribution in [3.8, 4) is 5.75 Å². The van der Waals surface area contributed by atoms with Crippen LogP contribution in [0.1, 0.15) is 50.9 Å². The van der Waals surface area contributed by atoms with E-state index in [1.165, 1.54) is 7.11 Å². The van der Waals surface area contributed by atoms with Crippen LogP contribution in [-0.4, -0.2) is 31.9 Å². The van der Waals surface area contributed by atoms with Gasteiger partial charge < -0.3 is 14.2 Å². The van der Waals surface area contributed by atoms with Crippen LogP contribution in [0.15, 0.2) is 24.3 Å². The molecule has 0 aliphatic carbocycles. The van der Waals surface area contributed by atoms with Crippen molar-refractivity contribution in [2.45, 2.75) is 46.1 Å². The average Bonchev–Trinajstić information content (AvgIpc) is 2.46. The minimum Gasteiger partial charge on any atom is -0.493 e. The second-order valence-corrected chi connectivity index (χ2v) is 6.41. The second-order valence-electron chi connectivity index (χ2n) is 6.41. The van der Waals surface area contributed by atoms with Gasteiger partial charge in [0.05, 0.1) is 24.9 Å². The Morgan fingerprint density at radius 2 is 1.77 bits per heavy atom. The minimum absolute atomic E-state index is 0.194. The number of methoxy groups -OCH3 is 1. The van der Waals surface area contributed by atoms with Crippen LogP contribution in [0.2, 0.25) is 0 Å². The third-order valence-corrected chi connectivity index (χ3v) is 3.44. The van der Waals surface area contributed by atoms with Crippen LogP contribution in [0.4, 0.5) is 0 Å². The van der Waals surface area contributed by atoms with Crippen LogP contribution in [0.5, 0.6) is 5.75 Å². The van der Waals surface area contributed by atoms with Gasteiger partial charge in [0.2, 0.25) is 0 Å². The zero-order chi connectivity index (χ0) is 16.6. The average molecular weight is 308 g/mol. The van der Waals surface area contributed by atoms with Gasteiger partial charge in [-0.2, -0.15) is 0 Å². The minimum atomic E-state index is -0.341. The number of carbonyl (C=O) groups is 1. The zero-order valence-electron chi connectivity index (χ0n) is 14.3. The van der Waals surface area contributed by atoms with Crippen LogP contribution >= 0.6 is 0 Å². The second kappa shape index (κ2) is 8.79. The van der Waals surface area contributed by atoms with Crippen LogP contribution in [0.3, 0.4) is 0 Å². The molecule has 0 saturated heterocycles. The highest BCUT2D eigenvalue weighted by Gasteiger charge is 2.18. The van der Waals surface area contributed by atoms with Gasteiger partial charge in [0.15, 0.2) is 0 Å². The fourth-order valence-electron chi connectivity index (χ4n) is 1.86. The summed E-state index contributed by atoms with van der Waals surface area (Å²) in [6.07, 6.45) is 1.88. The lowest BCUT2D eigenvalue weighted by Crippen LogP contribution is -2.27. The molecule has 0 bridgehead atoms. The standard InChI is InChI=1S/C18H28O4/c1-14(2)10-12-22-18(3,4)11-13-21-16-8-6-15(7-9-16)17(19)20-5/h6-9,14H,10-13H2,1-5H3. The van der Waals surface area contributed by atoms with E-state index < -0.39 is 0 Å². The number of ether oxygens (including phenoxy) is 3. The Morgan fingerprint density at radius 3 is 2.32 bits per heavy atom. The van der Waals surface area contributed by atoms with E-state index in [1.54, 1.807) is 24.3 Å². The monoisotopic (exact) mass is 308 g/mol. The maximum absolute atomic E-state index is 11.3. The molecular weight excluding hydrogens is 280 g/mol. The Hall–Kier alpha value is -1.55. The highest BCUT2D eigenvalue weighted by molar-refractivity contribution is 5.89. The molecule has 22 heavy (non-hydrogen) atoms. The lowest BCUT2D eigenvalue weighted by atomic mass is 10.1. The molecule has 0 saturated carbocycles. The van der Waals surface area contributed by atoms with Gasteiger partial charge in [-0.15, -0.1) is 0 Å². The quantitative estimate of drug-likeness (QED) is 0.645. The summed E-state index contributed by atoms with van der Waals surface area (Å²) >= 11 is 0. The zero-order valence-corrected chi connectivity index (χ0v) is 14.3. The molecule has 4 nitrogen and oxygen atoms in total. The molecule has 0 heterocycles. The van der Waals surface area contributed by atoms with E-state index >= 15 is 0 Å². The van der Waals surface area contributed by atoms with Crippen LogP contribution in [0, 0.1) is 5.92 Å². The van der Waals surface area contributed by atoms with E-state index in [9.17, 15) is 4.79 Å². The fourth-order valence-corrected chi connectivity index (χ4v) is 1.86. The van der Waals surface area contributed by atoms with E-state index in [1.807, 2.05) is 0 Å². The first-order valence-electron chi connectivity index (χ1n) is 7.79. The van der Waals surface area contributed by atoms with Crippen molar-refractivity contribution in [2.75, 3.05) is 20.3 Å². The number of hydrogen-bond donors (Lipinski definition) is 0. The van der Waals surface area contributed by atoms with Gasteiger partial charge in [-0.25, -0.2) is 4.79 Å². The highest BCUT2D eigenvalue weighted by atomic mass is 16.5. The Balaban J connectivity index is 2.35. The summed E-state index contributed by atoms with van der Waals surface area (Å²) < 4.78 is 16.3. The third kappa shape index (κ3) is 6.94. The van der Waals surface area contributed by atoms with Gasteiger partial charge in [0.1, 0.15) is 5.75 Å². The van der Waals surface area contributed by atoms with Crippen LogP contribution in [0.25, 0.3) is 0 Å². The van der Waals surface area contributed by atoms with Gasteiger partial charge in [-0.3, -0.25) is 0 Å². The molecule has 124 valence electrons. The molecule has 4 heteroatoms. The Labute approximate surface area is 133 Å². The Bertz CT molecular complexity index is 449. The molecule has 0 spiro atoms. The highest BCUT2D eigenvalue weighted by Crippen LogP contribution is 2.18. The van der Waals surface area contributed by atoms with Crippen molar-refractivity contribution in [3.63, 3.8) is 0 Å². The smallest absolute Gasteiger partial charge is 0.337 e. The van der Waals surface area contributed by atoms with Gasteiger partial charge in [-0.05, 0) is 50.5 Å². The number of esters is 1. The molecule has 0 atom stereocenters. The normalized spacial score (nSPS) is 11.5. The molecule has 1 aromatic rings. The largest absolute Gasteiger partial charge is 0.493 e. The molecule has 0 fully saturated rings.